The summed E-state index contributed by atoms with van der Waals surface area (Å²) in [6.45, 7) is 2.55. The zero-order valence-corrected chi connectivity index (χ0v) is 15.3. The van der Waals surface area contributed by atoms with Crippen molar-refractivity contribution in [2.45, 2.75) is 64.2 Å². The third kappa shape index (κ3) is 2.39. The lowest BCUT2D eigenvalue weighted by atomic mass is 9.57. The smallest absolute Gasteiger partial charge is 0.163 e. The van der Waals surface area contributed by atoms with Gasteiger partial charge in [0.15, 0.2) is 5.78 Å². The first-order valence-electron chi connectivity index (χ1n) is 10.2. The van der Waals surface area contributed by atoms with E-state index in [2.05, 4.69) is 31.2 Å². The molecule has 0 amide bonds. The quantitative estimate of drug-likeness (QED) is 0.618. The number of ketones is 1. The van der Waals surface area contributed by atoms with Gasteiger partial charge in [0.25, 0.3) is 0 Å². The summed E-state index contributed by atoms with van der Waals surface area (Å²) < 4.78 is 0. The monoisotopic (exact) mass is 332 g/mol. The zero-order chi connectivity index (χ0) is 17.0. The van der Waals surface area contributed by atoms with Crippen LogP contribution in [-0.4, -0.2) is 5.78 Å². The lowest BCUT2D eigenvalue weighted by Gasteiger charge is -2.47. The number of carbonyl (C=O) groups excluding carboxylic acids is 1. The Kier molecular flexibility index (Phi) is 3.55. The van der Waals surface area contributed by atoms with Crippen molar-refractivity contribution < 1.29 is 4.79 Å². The number of benzene rings is 1. The van der Waals surface area contributed by atoms with E-state index in [1.54, 1.807) is 11.1 Å². The predicted octanol–water partition coefficient (Wildman–Crippen LogP) is 5.98. The van der Waals surface area contributed by atoms with Crippen molar-refractivity contribution in [1.82, 2.24) is 0 Å². The largest absolute Gasteiger partial charge is 0.294 e. The average molecular weight is 332 g/mol. The molecule has 0 aliphatic heterocycles. The van der Waals surface area contributed by atoms with Gasteiger partial charge in [-0.05, 0) is 85.0 Å². The summed E-state index contributed by atoms with van der Waals surface area (Å²) in [5.74, 6) is 2.07. The summed E-state index contributed by atoms with van der Waals surface area (Å²) in [4.78, 5) is 12.7. The van der Waals surface area contributed by atoms with Crippen LogP contribution >= 0.6 is 0 Å². The molecule has 0 heterocycles. The summed E-state index contributed by atoms with van der Waals surface area (Å²) in [6, 6.07) is 10.4. The molecule has 0 saturated heterocycles. The molecule has 2 fully saturated rings. The van der Waals surface area contributed by atoms with Crippen molar-refractivity contribution in [2.75, 3.05) is 0 Å². The SMILES string of the molecule is C[C@@]12CCC[C@H]1[C@@H]1CCC3=CC(=O)C(c4ccccc4)CC3=C1CC2. The van der Waals surface area contributed by atoms with E-state index in [0.29, 0.717) is 11.2 Å². The maximum absolute atomic E-state index is 12.7. The van der Waals surface area contributed by atoms with Gasteiger partial charge in [-0.2, -0.15) is 0 Å². The Morgan fingerprint density at radius 1 is 1.04 bits per heavy atom. The van der Waals surface area contributed by atoms with Crippen molar-refractivity contribution in [3.8, 4) is 0 Å². The molecule has 1 aromatic rings. The van der Waals surface area contributed by atoms with Crippen molar-refractivity contribution in [1.29, 1.82) is 0 Å². The molecule has 4 aliphatic carbocycles. The topological polar surface area (TPSA) is 17.1 Å². The zero-order valence-electron chi connectivity index (χ0n) is 15.3. The van der Waals surface area contributed by atoms with Gasteiger partial charge in [-0.1, -0.05) is 49.2 Å². The van der Waals surface area contributed by atoms with Crippen LogP contribution in [0.5, 0.6) is 0 Å². The van der Waals surface area contributed by atoms with Gasteiger partial charge in [0.2, 0.25) is 0 Å². The summed E-state index contributed by atoms with van der Waals surface area (Å²) in [5, 5.41) is 0. The molecule has 25 heavy (non-hydrogen) atoms. The number of hydrogen-bond acceptors (Lipinski definition) is 1. The van der Waals surface area contributed by atoms with E-state index < -0.39 is 0 Å². The van der Waals surface area contributed by atoms with Crippen LogP contribution in [0, 0.1) is 17.3 Å². The second kappa shape index (κ2) is 5.69. The van der Waals surface area contributed by atoms with Crippen LogP contribution in [0.25, 0.3) is 0 Å². The Balaban J connectivity index is 1.54. The van der Waals surface area contributed by atoms with E-state index in [9.17, 15) is 4.79 Å². The number of carbonyl (C=O) groups is 1. The average Bonchev–Trinajstić information content (AvgIpc) is 3.03. The highest BCUT2D eigenvalue weighted by atomic mass is 16.1. The Bertz CT molecular complexity index is 769. The summed E-state index contributed by atoms with van der Waals surface area (Å²) >= 11 is 0. The van der Waals surface area contributed by atoms with Crippen molar-refractivity contribution in [3.63, 3.8) is 0 Å². The highest BCUT2D eigenvalue weighted by molar-refractivity contribution is 5.98. The van der Waals surface area contributed by atoms with Gasteiger partial charge in [0.05, 0.1) is 5.92 Å². The van der Waals surface area contributed by atoms with E-state index in [1.165, 1.54) is 49.7 Å². The van der Waals surface area contributed by atoms with E-state index in [4.69, 9.17) is 0 Å². The van der Waals surface area contributed by atoms with Crippen LogP contribution in [0.1, 0.15) is 69.8 Å². The number of rotatable bonds is 1. The maximum Gasteiger partial charge on any atom is 0.163 e. The predicted molar refractivity (Wildman–Crippen MR) is 101 cm³/mol. The molecule has 130 valence electrons. The lowest BCUT2D eigenvalue weighted by molar-refractivity contribution is -0.116. The van der Waals surface area contributed by atoms with Crippen LogP contribution in [0.4, 0.5) is 0 Å². The first-order chi connectivity index (χ1) is 12.2. The minimum atomic E-state index is 0.0445. The summed E-state index contributed by atoms with van der Waals surface area (Å²) in [7, 11) is 0. The molecule has 0 spiro atoms. The first-order valence-corrected chi connectivity index (χ1v) is 10.2. The van der Waals surface area contributed by atoms with E-state index in [0.717, 1.165) is 24.7 Å². The Labute approximate surface area is 151 Å². The van der Waals surface area contributed by atoms with Crippen LogP contribution in [-0.2, 0) is 4.79 Å². The van der Waals surface area contributed by atoms with Gasteiger partial charge in [-0.15, -0.1) is 0 Å². The van der Waals surface area contributed by atoms with Gasteiger partial charge < -0.3 is 0 Å². The molecule has 0 radical (unpaired) electrons. The number of fused-ring (bicyclic) bond motifs is 4. The molecule has 0 bridgehead atoms. The molecule has 0 N–H and O–H groups in total. The molecule has 5 rings (SSSR count). The van der Waals surface area contributed by atoms with Crippen LogP contribution in [0.2, 0.25) is 0 Å². The fourth-order valence-corrected chi connectivity index (χ4v) is 6.49. The summed E-state index contributed by atoms with van der Waals surface area (Å²) in [5.41, 5.74) is 6.50. The minimum Gasteiger partial charge on any atom is -0.294 e. The molecule has 4 aliphatic rings. The van der Waals surface area contributed by atoms with E-state index in [1.807, 2.05) is 12.1 Å². The van der Waals surface area contributed by atoms with Crippen molar-refractivity contribution in [2.24, 2.45) is 17.3 Å². The maximum atomic E-state index is 12.7. The lowest BCUT2D eigenvalue weighted by Crippen LogP contribution is -2.37. The molecule has 1 unspecified atom stereocenters. The van der Waals surface area contributed by atoms with Gasteiger partial charge in [0.1, 0.15) is 0 Å². The van der Waals surface area contributed by atoms with Crippen LogP contribution < -0.4 is 0 Å². The van der Waals surface area contributed by atoms with E-state index >= 15 is 0 Å². The Morgan fingerprint density at radius 2 is 1.88 bits per heavy atom. The van der Waals surface area contributed by atoms with Gasteiger partial charge in [-0.3, -0.25) is 4.79 Å². The molecular weight excluding hydrogens is 304 g/mol. The second-order valence-electron chi connectivity index (χ2n) is 9.04. The second-order valence-corrected chi connectivity index (χ2v) is 9.04. The number of allylic oxidation sites excluding steroid dienone is 4. The fraction of sp³-hybridized carbons (Fsp3) is 0.542. The number of hydrogen-bond donors (Lipinski definition) is 0. The van der Waals surface area contributed by atoms with Crippen LogP contribution in [0.15, 0.2) is 53.1 Å². The first kappa shape index (κ1) is 15.6. The van der Waals surface area contributed by atoms with Crippen molar-refractivity contribution in [3.05, 3.63) is 58.7 Å². The normalized spacial score (nSPS) is 37.2. The standard InChI is InChI=1S/C24H28O/c1-24-12-5-8-22(24)19-10-9-17-14-23(25)21(16-6-3-2-4-7-16)15-20(17)18(19)11-13-24/h2-4,6-7,14,19,21-22H,5,8-13,15H2,1H3/t19-,21?,22+,24+/m1/s1. The van der Waals surface area contributed by atoms with Gasteiger partial charge >= 0.3 is 0 Å². The van der Waals surface area contributed by atoms with E-state index in [-0.39, 0.29) is 5.92 Å². The van der Waals surface area contributed by atoms with Gasteiger partial charge in [0, 0.05) is 0 Å². The third-order valence-electron chi connectivity index (χ3n) is 7.83. The molecule has 0 aromatic heterocycles. The summed E-state index contributed by atoms with van der Waals surface area (Å²) in [6.07, 6.45) is 12.3. The van der Waals surface area contributed by atoms with Gasteiger partial charge in [-0.25, -0.2) is 0 Å². The Morgan fingerprint density at radius 3 is 2.72 bits per heavy atom. The third-order valence-corrected chi connectivity index (χ3v) is 7.83. The molecule has 1 heteroatoms. The molecular formula is C24H28O. The van der Waals surface area contributed by atoms with Crippen LogP contribution in [0.3, 0.4) is 0 Å². The molecule has 1 aromatic carbocycles. The minimum absolute atomic E-state index is 0.0445. The van der Waals surface area contributed by atoms with Crippen molar-refractivity contribution >= 4 is 5.78 Å². The highest BCUT2D eigenvalue weighted by Gasteiger charge is 2.49. The molecule has 2 saturated carbocycles. The highest BCUT2D eigenvalue weighted by Crippen LogP contribution is 2.60. The Hall–Kier alpha value is -1.63. The molecule has 4 atom stereocenters. The molecule has 1 nitrogen and oxygen atoms in total. The fourth-order valence-electron chi connectivity index (χ4n) is 6.49.